The van der Waals surface area contributed by atoms with Gasteiger partial charge in [-0.05, 0) is 62.1 Å². The van der Waals surface area contributed by atoms with Gasteiger partial charge >= 0.3 is 0 Å². The number of methoxy groups -OCH3 is 1. The molecule has 0 bridgehead atoms. The molecule has 0 spiro atoms. The van der Waals surface area contributed by atoms with E-state index in [9.17, 15) is 9.59 Å². The fourth-order valence-electron chi connectivity index (χ4n) is 4.68. The van der Waals surface area contributed by atoms with Crippen molar-refractivity contribution in [2.45, 2.75) is 57.9 Å². The Morgan fingerprint density at radius 2 is 1.69 bits per heavy atom. The van der Waals surface area contributed by atoms with E-state index in [1.165, 1.54) is 12.8 Å². The number of benzene rings is 2. The Kier molecular flexibility index (Phi) is 8.76. The number of nitrogens with zero attached hydrogens (tertiary/aromatic N) is 3. The lowest BCUT2D eigenvalue weighted by Gasteiger charge is -2.21. The van der Waals surface area contributed by atoms with Crippen LogP contribution in [-0.4, -0.2) is 53.0 Å². The fourth-order valence-corrected chi connectivity index (χ4v) is 4.68. The summed E-state index contributed by atoms with van der Waals surface area (Å²) >= 11 is 0. The molecule has 4 rings (SSSR count). The molecular formula is C28H36N4O3. The Balaban J connectivity index is 1.28. The van der Waals surface area contributed by atoms with E-state index in [1.807, 2.05) is 23.1 Å². The van der Waals surface area contributed by atoms with E-state index in [0.717, 1.165) is 74.2 Å². The summed E-state index contributed by atoms with van der Waals surface area (Å²) in [6.07, 6.45) is 8.26. The van der Waals surface area contributed by atoms with Gasteiger partial charge in [-0.25, -0.2) is 4.98 Å². The minimum atomic E-state index is -0.0681. The lowest BCUT2D eigenvalue weighted by atomic mass is 10.1. The predicted molar refractivity (Wildman–Crippen MR) is 138 cm³/mol. The molecule has 2 heterocycles. The van der Waals surface area contributed by atoms with Gasteiger partial charge in [-0.1, -0.05) is 31.4 Å². The van der Waals surface area contributed by atoms with Gasteiger partial charge in [-0.15, -0.1) is 0 Å². The molecule has 7 heteroatoms. The van der Waals surface area contributed by atoms with Crippen LogP contribution in [0.15, 0.2) is 48.5 Å². The van der Waals surface area contributed by atoms with E-state index in [4.69, 9.17) is 9.72 Å². The predicted octanol–water partition coefficient (Wildman–Crippen LogP) is 4.59. The number of nitrogens with one attached hydrogen (secondary N) is 1. The number of imidazole rings is 1. The molecule has 1 aliphatic rings. The number of aromatic nitrogens is 2. The molecule has 3 aromatic rings. The molecule has 0 unspecified atom stereocenters. The molecule has 2 amide bonds. The molecule has 1 saturated heterocycles. The molecule has 186 valence electrons. The molecular weight excluding hydrogens is 440 g/mol. The first-order valence-corrected chi connectivity index (χ1v) is 12.8. The lowest BCUT2D eigenvalue weighted by molar-refractivity contribution is -0.131. The minimum Gasteiger partial charge on any atom is -0.497 e. The number of para-hydroxylation sites is 2. The Hall–Kier alpha value is -3.35. The Labute approximate surface area is 207 Å². The number of unbranched alkanes of at least 4 members (excludes halogenated alkanes) is 2. The highest BCUT2D eigenvalue weighted by Gasteiger charge is 2.19. The van der Waals surface area contributed by atoms with Crippen molar-refractivity contribution in [1.82, 2.24) is 19.8 Å². The Morgan fingerprint density at radius 1 is 0.943 bits per heavy atom. The van der Waals surface area contributed by atoms with Gasteiger partial charge in [0.1, 0.15) is 18.1 Å². The SMILES string of the molecule is COc1ccc(C(=O)NCCCCCc2nc3ccccc3n2CC(=O)N2CCCCCC2)cc1. The standard InChI is InChI=1S/C28H36N4O3/c1-35-23-16-14-22(15-17-23)28(34)29-18-8-4-5-13-26-30-24-11-6-7-12-25(24)32(26)21-27(33)31-19-9-2-3-10-20-31/h6-7,11-12,14-17H,2-5,8-10,13,18-21H2,1H3,(H,29,34). The molecule has 0 saturated carbocycles. The minimum absolute atomic E-state index is 0.0681. The summed E-state index contributed by atoms with van der Waals surface area (Å²) in [5, 5.41) is 2.98. The van der Waals surface area contributed by atoms with Gasteiger partial charge in [0.05, 0.1) is 18.1 Å². The zero-order valence-corrected chi connectivity index (χ0v) is 20.7. The number of hydrogen-bond acceptors (Lipinski definition) is 4. The highest BCUT2D eigenvalue weighted by Crippen LogP contribution is 2.19. The maximum Gasteiger partial charge on any atom is 0.251 e. The third kappa shape index (κ3) is 6.62. The summed E-state index contributed by atoms with van der Waals surface area (Å²) in [6.45, 7) is 2.72. The summed E-state index contributed by atoms with van der Waals surface area (Å²) in [5.41, 5.74) is 2.60. The van der Waals surface area contributed by atoms with Crippen LogP contribution < -0.4 is 10.1 Å². The van der Waals surface area contributed by atoms with Crippen molar-refractivity contribution in [2.24, 2.45) is 0 Å². The average Bonchev–Trinajstić information content (AvgIpc) is 3.04. The maximum absolute atomic E-state index is 13.1. The van der Waals surface area contributed by atoms with E-state index in [0.29, 0.717) is 18.7 Å². The van der Waals surface area contributed by atoms with Crippen LogP contribution >= 0.6 is 0 Å². The van der Waals surface area contributed by atoms with Crippen molar-refractivity contribution in [3.05, 3.63) is 59.9 Å². The maximum atomic E-state index is 13.1. The van der Waals surface area contributed by atoms with Crippen molar-refractivity contribution < 1.29 is 14.3 Å². The molecule has 7 nitrogen and oxygen atoms in total. The van der Waals surface area contributed by atoms with Crippen molar-refractivity contribution >= 4 is 22.8 Å². The molecule has 1 N–H and O–H groups in total. The fraction of sp³-hybridized carbons (Fsp3) is 0.464. The number of rotatable bonds is 10. The second-order valence-electron chi connectivity index (χ2n) is 9.19. The molecule has 1 aliphatic heterocycles. The number of aryl methyl sites for hydroxylation is 1. The largest absolute Gasteiger partial charge is 0.497 e. The van der Waals surface area contributed by atoms with E-state index < -0.39 is 0 Å². The van der Waals surface area contributed by atoms with Crippen molar-refractivity contribution in [3.63, 3.8) is 0 Å². The van der Waals surface area contributed by atoms with E-state index in [-0.39, 0.29) is 11.8 Å². The topological polar surface area (TPSA) is 76.5 Å². The van der Waals surface area contributed by atoms with Gasteiger partial charge in [0, 0.05) is 31.6 Å². The van der Waals surface area contributed by atoms with Crippen molar-refractivity contribution in [3.8, 4) is 5.75 Å². The van der Waals surface area contributed by atoms with Gasteiger partial charge in [-0.2, -0.15) is 0 Å². The van der Waals surface area contributed by atoms with Crippen LogP contribution in [-0.2, 0) is 17.8 Å². The molecule has 1 aromatic heterocycles. The summed E-state index contributed by atoms with van der Waals surface area (Å²) in [5.74, 6) is 1.83. The van der Waals surface area contributed by atoms with Crippen molar-refractivity contribution in [1.29, 1.82) is 0 Å². The number of hydrogen-bond donors (Lipinski definition) is 1. The average molecular weight is 477 g/mol. The Bertz CT molecular complexity index is 1110. The van der Waals surface area contributed by atoms with Crippen LogP contribution in [0.3, 0.4) is 0 Å². The third-order valence-electron chi connectivity index (χ3n) is 6.70. The number of fused-ring (bicyclic) bond motifs is 1. The summed E-state index contributed by atoms with van der Waals surface area (Å²) in [7, 11) is 1.61. The van der Waals surface area contributed by atoms with Gasteiger partial charge in [-0.3, -0.25) is 9.59 Å². The molecule has 0 aliphatic carbocycles. The number of ether oxygens (including phenoxy) is 1. The third-order valence-corrected chi connectivity index (χ3v) is 6.70. The highest BCUT2D eigenvalue weighted by molar-refractivity contribution is 5.94. The lowest BCUT2D eigenvalue weighted by Crippen LogP contribution is -2.34. The normalized spacial score (nSPS) is 14.0. The summed E-state index contributed by atoms with van der Waals surface area (Å²) < 4.78 is 7.24. The van der Waals surface area contributed by atoms with Gasteiger partial charge < -0.3 is 19.5 Å². The summed E-state index contributed by atoms with van der Waals surface area (Å²) in [4.78, 5) is 32.2. The van der Waals surface area contributed by atoms with E-state index in [1.54, 1.807) is 31.4 Å². The van der Waals surface area contributed by atoms with Gasteiger partial charge in [0.25, 0.3) is 5.91 Å². The first kappa shape index (κ1) is 24.8. The van der Waals surface area contributed by atoms with Crippen LogP contribution in [0.2, 0.25) is 0 Å². The van der Waals surface area contributed by atoms with Crippen LogP contribution in [0.25, 0.3) is 11.0 Å². The highest BCUT2D eigenvalue weighted by atomic mass is 16.5. The smallest absolute Gasteiger partial charge is 0.251 e. The Morgan fingerprint density at radius 3 is 2.43 bits per heavy atom. The first-order valence-electron chi connectivity index (χ1n) is 12.8. The number of carbonyl (C=O) groups is 2. The number of likely N-dealkylation sites (tertiary alicyclic amines) is 1. The van der Waals surface area contributed by atoms with Crippen LogP contribution in [0.5, 0.6) is 5.75 Å². The van der Waals surface area contributed by atoms with Crippen LogP contribution in [0.4, 0.5) is 0 Å². The second kappa shape index (κ2) is 12.4. The van der Waals surface area contributed by atoms with Crippen molar-refractivity contribution in [2.75, 3.05) is 26.7 Å². The second-order valence-corrected chi connectivity index (χ2v) is 9.19. The zero-order chi connectivity index (χ0) is 24.5. The van der Waals surface area contributed by atoms with E-state index in [2.05, 4.69) is 16.0 Å². The molecule has 0 radical (unpaired) electrons. The molecule has 35 heavy (non-hydrogen) atoms. The van der Waals surface area contributed by atoms with Gasteiger partial charge in [0.2, 0.25) is 5.91 Å². The quantitative estimate of drug-likeness (QED) is 0.434. The molecule has 2 aromatic carbocycles. The monoisotopic (exact) mass is 476 g/mol. The summed E-state index contributed by atoms with van der Waals surface area (Å²) in [6, 6.07) is 15.2. The van der Waals surface area contributed by atoms with Crippen LogP contribution in [0.1, 0.15) is 61.1 Å². The van der Waals surface area contributed by atoms with Crippen LogP contribution in [0, 0.1) is 0 Å². The number of amides is 2. The molecule has 1 fully saturated rings. The van der Waals surface area contributed by atoms with Gasteiger partial charge in [0.15, 0.2) is 0 Å². The zero-order valence-electron chi connectivity index (χ0n) is 20.7. The number of carbonyl (C=O) groups excluding carboxylic acids is 2. The first-order chi connectivity index (χ1) is 17.2. The van der Waals surface area contributed by atoms with E-state index >= 15 is 0 Å². The molecule has 0 atom stereocenters.